The normalized spacial score (nSPS) is 10.8. The highest BCUT2D eigenvalue weighted by Gasteiger charge is 2.10. The second-order valence-electron chi connectivity index (χ2n) is 4.77. The minimum absolute atomic E-state index is 0.316. The van der Waals surface area contributed by atoms with E-state index in [-0.39, 0.29) is 5.91 Å². The highest BCUT2D eigenvalue weighted by molar-refractivity contribution is 6.35. The van der Waals surface area contributed by atoms with Crippen molar-refractivity contribution in [2.45, 2.75) is 26.7 Å². The molecule has 0 aliphatic carbocycles. The van der Waals surface area contributed by atoms with Crippen LogP contribution in [-0.2, 0) is 4.79 Å². The Hall–Kier alpha value is -1.81. The minimum Gasteiger partial charge on any atom is -0.491 e. The van der Waals surface area contributed by atoms with Crippen LogP contribution in [0.1, 0.15) is 24.1 Å². The maximum atomic E-state index is 10.7. The van der Waals surface area contributed by atoms with E-state index in [1.54, 1.807) is 12.1 Å². The maximum absolute atomic E-state index is 10.7. The minimum atomic E-state index is -0.320. The number of hydrogen-bond acceptors (Lipinski definition) is 3. The number of fused-ring (bicyclic) bond motifs is 1. The molecule has 20 heavy (non-hydrogen) atoms. The monoisotopic (exact) mass is 292 g/mol. The highest BCUT2D eigenvalue weighted by Crippen LogP contribution is 2.32. The Bertz CT molecular complexity index is 656. The molecule has 0 bridgehead atoms. The largest absolute Gasteiger partial charge is 0.491 e. The van der Waals surface area contributed by atoms with Gasteiger partial charge in [0.25, 0.3) is 0 Å². The van der Waals surface area contributed by atoms with E-state index in [4.69, 9.17) is 22.1 Å². The van der Waals surface area contributed by atoms with Gasteiger partial charge in [0.1, 0.15) is 11.3 Å². The molecule has 0 aliphatic rings. The molecule has 0 saturated carbocycles. The highest BCUT2D eigenvalue weighted by atomic mass is 35.5. The number of halogens is 1. The summed E-state index contributed by atoms with van der Waals surface area (Å²) < 4.78 is 5.71. The summed E-state index contributed by atoms with van der Waals surface area (Å²) in [4.78, 5) is 15.2. The van der Waals surface area contributed by atoms with Gasteiger partial charge in [0.15, 0.2) is 0 Å². The van der Waals surface area contributed by atoms with Crippen molar-refractivity contribution in [1.29, 1.82) is 0 Å². The molecule has 0 atom stereocenters. The summed E-state index contributed by atoms with van der Waals surface area (Å²) in [5.41, 5.74) is 7.84. The molecule has 0 fully saturated rings. The van der Waals surface area contributed by atoms with Crippen LogP contribution in [-0.4, -0.2) is 17.5 Å². The van der Waals surface area contributed by atoms with Gasteiger partial charge in [0.2, 0.25) is 5.91 Å². The number of nitrogens with two attached hydrogens (primary N) is 1. The van der Waals surface area contributed by atoms with Crippen LogP contribution in [0.15, 0.2) is 18.2 Å². The SMILES string of the molecule is Cc1cc(C)c2c(Cl)ccc(OCCCC(N)=O)c2n1. The molecule has 0 radical (unpaired) electrons. The van der Waals surface area contributed by atoms with Crippen LogP contribution in [0.2, 0.25) is 5.02 Å². The van der Waals surface area contributed by atoms with Crippen LogP contribution in [0.5, 0.6) is 5.75 Å². The van der Waals surface area contributed by atoms with Gasteiger partial charge in [0, 0.05) is 17.5 Å². The van der Waals surface area contributed by atoms with Gasteiger partial charge in [-0.1, -0.05) is 11.6 Å². The zero-order valence-corrected chi connectivity index (χ0v) is 12.3. The maximum Gasteiger partial charge on any atom is 0.217 e. The van der Waals surface area contributed by atoms with E-state index in [0.717, 1.165) is 22.2 Å². The Balaban J connectivity index is 2.30. The van der Waals surface area contributed by atoms with Crippen LogP contribution in [0.3, 0.4) is 0 Å². The van der Waals surface area contributed by atoms with Gasteiger partial charge in [-0.05, 0) is 44.0 Å². The molecular weight excluding hydrogens is 276 g/mol. The molecule has 5 heteroatoms. The fourth-order valence-electron chi connectivity index (χ4n) is 2.17. The number of amides is 1. The van der Waals surface area contributed by atoms with E-state index >= 15 is 0 Å². The van der Waals surface area contributed by atoms with Gasteiger partial charge in [-0.15, -0.1) is 0 Å². The summed E-state index contributed by atoms with van der Waals surface area (Å²) >= 11 is 6.23. The lowest BCUT2D eigenvalue weighted by Crippen LogP contribution is -2.12. The predicted octanol–water partition coefficient (Wildman–Crippen LogP) is 3.15. The van der Waals surface area contributed by atoms with Gasteiger partial charge >= 0.3 is 0 Å². The van der Waals surface area contributed by atoms with Crippen molar-refractivity contribution in [2.75, 3.05) is 6.61 Å². The summed E-state index contributed by atoms with van der Waals surface area (Å²) in [6.45, 7) is 4.36. The van der Waals surface area contributed by atoms with E-state index in [1.807, 2.05) is 19.9 Å². The van der Waals surface area contributed by atoms with Crippen LogP contribution < -0.4 is 10.5 Å². The molecule has 2 aromatic rings. The Morgan fingerprint density at radius 1 is 1.40 bits per heavy atom. The molecule has 1 aromatic carbocycles. The third-order valence-corrected chi connectivity index (χ3v) is 3.34. The lowest BCUT2D eigenvalue weighted by Gasteiger charge is -2.11. The average molecular weight is 293 g/mol. The van der Waals surface area contributed by atoms with Crippen molar-refractivity contribution in [2.24, 2.45) is 5.73 Å². The van der Waals surface area contributed by atoms with Crippen molar-refractivity contribution < 1.29 is 9.53 Å². The molecule has 2 rings (SSSR count). The van der Waals surface area contributed by atoms with Gasteiger partial charge < -0.3 is 10.5 Å². The van der Waals surface area contributed by atoms with Crippen molar-refractivity contribution in [1.82, 2.24) is 4.98 Å². The van der Waals surface area contributed by atoms with E-state index in [1.165, 1.54) is 0 Å². The molecule has 0 aliphatic heterocycles. The van der Waals surface area contributed by atoms with E-state index in [9.17, 15) is 4.79 Å². The number of pyridine rings is 1. The molecule has 2 N–H and O–H groups in total. The molecule has 1 amide bonds. The quantitative estimate of drug-likeness (QED) is 0.861. The standard InChI is InChI=1S/C15H17ClN2O2/c1-9-8-10(2)18-15-12(6-5-11(16)14(9)15)20-7-3-4-13(17)19/h5-6,8H,3-4,7H2,1-2H3,(H2,17,19). The summed E-state index contributed by atoms with van der Waals surface area (Å²) in [6, 6.07) is 5.60. The number of carbonyl (C=O) groups excluding carboxylic acids is 1. The lowest BCUT2D eigenvalue weighted by molar-refractivity contribution is -0.118. The Labute approximate surface area is 122 Å². The van der Waals surface area contributed by atoms with Crippen LogP contribution >= 0.6 is 11.6 Å². The second-order valence-corrected chi connectivity index (χ2v) is 5.18. The predicted molar refractivity (Wildman–Crippen MR) is 80.2 cm³/mol. The Morgan fingerprint density at radius 2 is 2.15 bits per heavy atom. The first-order valence-electron chi connectivity index (χ1n) is 6.46. The third-order valence-electron chi connectivity index (χ3n) is 3.02. The molecule has 4 nitrogen and oxygen atoms in total. The molecular formula is C15H17ClN2O2. The first-order valence-corrected chi connectivity index (χ1v) is 6.84. The first-order chi connectivity index (χ1) is 9.49. The Kier molecular flexibility index (Phi) is 4.45. The van der Waals surface area contributed by atoms with E-state index in [0.29, 0.717) is 30.2 Å². The fraction of sp³-hybridized carbons (Fsp3) is 0.333. The number of benzene rings is 1. The van der Waals surface area contributed by atoms with E-state index < -0.39 is 0 Å². The zero-order valence-electron chi connectivity index (χ0n) is 11.6. The Morgan fingerprint density at radius 3 is 2.85 bits per heavy atom. The molecule has 106 valence electrons. The number of carbonyl (C=O) groups is 1. The van der Waals surface area contributed by atoms with Gasteiger partial charge in [-0.2, -0.15) is 0 Å². The van der Waals surface area contributed by atoms with Gasteiger partial charge in [0.05, 0.1) is 11.6 Å². The topological polar surface area (TPSA) is 65.2 Å². The average Bonchev–Trinajstić information content (AvgIpc) is 2.35. The number of rotatable bonds is 5. The number of nitrogens with zero attached hydrogens (tertiary/aromatic N) is 1. The van der Waals surface area contributed by atoms with Crippen LogP contribution in [0.4, 0.5) is 0 Å². The molecule has 0 saturated heterocycles. The van der Waals surface area contributed by atoms with Crippen molar-refractivity contribution in [3.05, 3.63) is 34.5 Å². The van der Waals surface area contributed by atoms with Crippen molar-refractivity contribution in [3.8, 4) is 5.75 Å². The van der Waals surface area contributed by atoms with Crippen LogP contribution in [0.25, 0.3) is 10.9 Å². The number of hydrogen-bond donors (Lipinski definition) is 1. The molecule has 1 heterocycles. The third kappa shape index (κ3) is 3.20. The summed E-state index contributed by atoms with van der Waals surface area (Å²) in [6.07, 6.45) is 0.904. The lowest BCUT2D eigenvalue weighted by atomic mass is 10.1. The summed E-state index contributed by atoms with van der Waals surface area (Å²) in [7, 11) is 0. The number of aryl methyl sites for hydroxylation is 2. The smallest absolute Gasteiger partial charge is 0.217 e. The van der Waals surface area contributed by atoms with Crippen LogP contribution in [0, 0.1) is 13.8 Å². The van der Waals surface area contributed by atoms with E-state index in [2.05, 4.69) is 4.98 Å². The van der Waals surface area contributed by atoms with Crippen molar-refractivity contribution in [3.63, 3.8) is 0 Å². The first kappa shape index (κ1) is 14.6. The molecule has 0 spiro atoms. The summed E-state index contributed by atoms with van der Waals surface area (Å²) in [5, 5.41) is 1.57. The van der Waals surface area contributed by atoms with Crippen molar-refractivity contribution >= 4 is 28.4 Å². The van der Waals surface area contributed by atoms with Gasteiger partial charge in [-0.25, -0.2) is 4.98 Å². The zero-order chi connectivity index (χ0) is 14.7. The fourth-order valence-corrected chi connectivity index (χ4v) is 2.47. The second kappa shape index (κ2) is 6.09. The number of aromatic nitrogens is 1. The van der Waals surface area contributed by atoms with Gasteiger partial charge in [-0.3, -0.25) is 4.79 Å². The number of primary amides is 1. The summed E-state index contributed by atoms with van der Waals surface area (Å²) in [5.74, 6) is 0.361. The molecule has 1 aromatic heterocycles. The number of ether oxygens (including phenoxy) is 1. The molecule has 0 unspecified atom stereocenters.